The van der Waals surface area contributed by atoms with Crippen molar-refractivity contribution in [2.24, 2.45) is 0 Å². The van der Waals surface area contributed by atoms with Crippen LogP contribution in [0.5, 0.6) is 17.2 Å². The van der Waals surface area contributed by atoms with Gasteiger partial charge in [0.05, 0.1) is 7.11 Å². The van der Waals surface area contributed by atoms with Crippen molar-refractivity contribution in [2.45, 2.75) is 0 Å². The van der Waals surface area contributed by atoms with Crippen LogP contribution in [0.15, 0.2) is 48.5 Å². The number of carbonyl (C=O) groups excluding carboxylic acids is 1. The van der Waals surface area contributed by atoms with Gasteiger partial charge < -0.3 is 19.7 Å². The predicted octanol–water partition coefficient (Wildman–Crippen LogP) is 2.00. The van der Waals surface area contributed by atoms with Crippen LogP contribution in [0.4, 0.5) is 0 Å². The van der Waals surface area contributed by atoms with E-state index in [0.29, 0.717) is 22.6 Å². The van der Waals surface area contributed by atoms with Gasteiger partial charge in [0.2, 0.25) is 0 Å². The predicted molar refractivity (Wildman–Crippen MR) is 99.1 cm³/mol. The molecule has 0 aliphatic heterocycles. The molecule has 0 bridgehead atoms. The smallest absolute Gasteiger partial charge is 0.341 e. The van der Waals surface area contributed by atoms with Gasteiger partial charge in [-0.3, -0.25) is 4.79 Å². The molecule has 126 valence electrons. The molecule has 2 radical (unpaired) electrons. The zero-order valence-corrected chi connectivity index (χ0v) is 18.9. The molecule has 0 aliphatic rings. The average Bonchev–Trinajstić information content (AvgIpc) is 2.59. The third-order valence-electron chi connectivity index (χ3n) is 3.13. The maximum atomic E-state index is 12.1. The summed E-state index contributed by atoms with van der Waals surface area (Å²) in [6, 6.07) is 10.9. The Kier molecular flexibility index (Phi) is 11.6. The molecule has 0 aliphatic carbocycles. The van der Waals surface area contributed by atoms with E-state index in [1.54, 1.807) is 30.3 Å². The number of ketones is 1. The largest absolute Gasteiger partial charge is 0.504 e. The van der Waals surface area contributed by atoms with Gasteiger partial charge in [0.25, 0.3) is 0 Å². The van der Waals surface area contributed by atoms with Crippen molar-refractivity contribution in [1.82, 2.24) is 0 Å². The third-order valence-corrected chi connectivity index (χ3v) is 3.13. The van der Waals surface area contributed by atoms with Crippen molar-refractivity contribution >= 4 is 76.9 Å². The molecule has 26 heavy (non-hydrogen) atoms. The molecule has 0 unspecified atom stereocenters. The molecule has 8 heteroatoms. The van der Waals surface area contributed by atoms with Crippen molar-refractivity contribution < 1.29 is 29.3 Å². The number of carbonyl (C=O) groups is 2. The summed E-state index contributed by atoms with van der Waals surface area (Å²) in [6.07, 6.45) is 3.01. The number of aromatic hydroxyl groups is 1. The summed E-state index contributed by atoms with van der Waals surface area (Å²) in [5, 5.41) is 18.1. The second kappa shape index (κ2) is 12.2. The molecule has 0 spiro atoms. The van der Waals surface area contributed by atoms with E-state index >= 15 is 0 Å². The van der Waals surface area contributed by atoms with Crippen LogP contribution in [0.2, 0.25) is 0 Å². The molecular formula is C18H16Na2O6. The average molecular weight is 374 g/mol. The number of ether oxygens (including phenoxy) is 2. The standard InChI is InChI=1S/C18H16O6.2Na/c1-23-17-10-12(3-9-16(17)20)2-8-15(19)13-4-6-14(7-5-13)24-11-18(21)22;;/h2-10,20H,11H2,1H3,(H,21,22);;. The molecule has 0 heterocycles. The maximum absolute atomic E-state index is 12.1. The first-order valence-corrected chi connectivity index (χ1v) is 7.03. The van der Waals surface area contributed by atoms with Crippen LogP contribution in [0.3, 0.4) is 0 Å². The van der Waals surface area contributed by atoms with Crippen LogP contribution < -0.4 is 9.47 Å². The molecule has 0 fully saturated rings. The van der Waals surface area contributed by atoms with Gasteiger partial charge in [0, 0.05) is 64.7 Å². The summed E-state index contributed by atoms with van der Waals surface area (Å²) in [4.78, 5) is 22.5. The summed E-state index contributed by atoms with van der Waals surface area (Å²) in [7, 11) is 1.45. The summed E-state index contributed by atoms with van der Waals surface area (Å²) < 4.78 is 10.0. The van der Waals surface area contributed by atoms with Crippen LogP contribution >= 0.6 is 0 Å². The Morgan fingerprint density at radius 1 is 1.08 bits per heavy atom. The van der Waals surface area contributed by atoms with E-state index in [4.69, 9.17) is 14.6 Å². The summed E-state index contributed by atoms with van der Waals surface area (Å²) >= 11 is 0. The fraction of sp³-hybridized carbons (Fsp3) is 0.111. The van der Waals surface area contributed by atoms with Gasteiger partial charge in [-0.05, 0) is 48.0 Å². The van der Waals surface area contributed by atoms with E-state index in [1.165, 1.54) is 31.4 Å². The minimum atomic E-state index is -1.07. The van der Waals surface area contributed by atoms with Crippen molar-refractivity contribution in [3.05, 3.63) is 59.7 Å². The fourth-order valence-electron chi connectivity index (χ4n) is 1.93. The van der Waals surface area contributed by atoms with E-state index < -0.39 is 12.6 Å². The van der Waals surface area contributed by atoms with Gasteiger partial charge >= 0.3 is 5.97 Å². The van der Waals surface area contributed by atoms with Gasteiger partial charge in [-0.1, -0.05) is 12.1 Å². The third kappa shape index (κ3) is 7.53. The number of aliphatic carboxylic acids is 1. The zero-order chi connectivity index (χ0) is 17.5. The van der Waals surface area contributed by atoms with E-state index in [9.17, 15) is 14.7 Å². The molecule has 0 atom stereocenters. The summed E-state index contributed by atoms with van der Waals surface area (Å²) in [5.41, 5.74) is 1.15. The Labute approximate surface area is 195 Å². The number of allylic oxidation sites excluding steroid dienone is 1. The molecule has 0 saturated carbocycles. The molecule has 2 rings (SSSR count). The maximum Gasteiger partial charge on any atom is 0.341 e. The Hall–Kier alpha value is -1.28. The quantitative estimate of drug-likeness (QED) is 0.438. The molecule has 2 aromatic carbocycles. The molecule has 2 aromatic rings. The SMILES string of the molecule is COc1cc(C=CC(=O)c2ccc(OCC(=O)O)cc2)ccc1O.[Na].[Na]. The van der Waals surface area contributed by atoms with Crippen LogP contribution in [0, 0.1) is 0 Å². The van der Waals surface area contributed by atoms with Crippen LogP contribution in [0.25, 0.3) is 6.08 Å². The first-order chi connectivity index (χ1) is 11.5. The number of benzene rings is 2. The molecule has 0 aromatic heterocycles. The number of hydrogen-bond acceptors (Lipinski definition) is 5. The molecular weight excluding hydrogens is 358 g/mol. The number of phenolic OH excluding ortho intramolecular Hbond substituents is 1. The normalized spacial score (nSPS) is 9.73. The fourth-order valence-corrected chi connectivity index (χ4v) is 1.93. The van der Waals surface area contributed by atoms with Crippen molar-refractivity contribution in [2.75, 3.05) is 13.7 Å². The van der Waals surface area contributed by atoms with Crippen LogP contribution in [-0.2, 0) is 4.79 Å². The second-order valence-corrected chi connectivity index (χ2v) is 4.84. The summed E-state index contributed by atoms with van der Waals surface area (Å²) in [6.45, 7) is -0.435. The van der Waals surface area contributed by atoms with Gasteiger partial charge in [-0.15, -0.1) is 0 Å². The molecule has 0 saturated heterocycles. The Morgan fingerprint density at radius 2 is 1.73 bits per heavy atom. The summed E-state index contributed by atoms with van der Waals surface area (Å²) in [5.74, 6) is -0.558. The van der Waals surface area contributed by atoms with E-state index in [2.05, 4.69) is 0 Å². The van der Waals surface area contributed by atoms with Gasteiger partial charge in [0.15, 0.2) is 23.9 Å². The van der Waals surface area contributed by atoms with Gasteiger partial charge in [0.1, 0.15) is 5.75 Å². The second-order valence-electron chi connectivity index (χ2n) is 4.84. The molecule has 0 amide bonds. The number of hydrogen-bond donors (Lipinski definition) is 2. The molecule has 6 nitrogen and oxygen atoms in total. The van der Waals surface area contributed by atoms with Gasteiger partial charge in [-0.2, -0.15) is 0 Å². The number of carboxylic acid groups (broad SMARTS) is 1. The minimum absolute atomic E-state index is 0. The first-order valence-electron chi connectivity index (χ1n) is 7.03. The van der Waals surface area contributed by atoms with Gasteiger partial charge in [-0.25, -0.2) is 4.79 Å². The zero-order valence-electron chi connectivity index (χ0n) is 14.9. The number of methoxy groups -OCH3 is 1. The monoisotopic (exact) mass is 374 g/mol. The van der Waals surface area contributed by atoms with Crippen LogP contribution in [0.1, 0.15) is 15.9 Å². The van der Waals surface area contributed by atoms with Crippen molar-refractivity contribution in [3.63, 3.8) is 0 Å². The number of phenols is 1. The first kappa shape index (κ1) is 24.7. The van der Waals surface area contributed by atoms with Crippen molar-refractivity contribution in [1.29, 1.82) is 0 Å². The van der Waals surface area contributed by atoms with E-state index in [-0.39, 0.29) is 70.6 Å². The number of rotatable bonds is 7. The van der Waals surface area contributed by atoms with Crippen LogP contribution in [-0.4, -0.2) is 94.8 Å². The minimum Gasteiger partial charge on any atom is -0.504 e. The molecule has 2 N–H and O–H groups in total. The Balaban J connectivity index is 0.00000312. The Morgan fingerprint density at radius 3 is 2.31 bits per heavy atom. The number of carboxylic acids is 1. The van der Waals surface area contributed by atoms with E-state index in [1.807, 2.05) is 0 Å². The van der Waals surface area contributed by atoms with E-state index in [0.717, 1.165) is 0 Å². The Bertz CT molecular complexity index is 772. The topological polar surface area (TPSA) is 93.1 Å². The van der Waals surface area contributed by atoms with Crippen molar-refractivity contribution in [3.8, 4) is 17.2 Å².